The van der Waals surface area contributed by atoms with E-state index in [4.69, 9.17) is 5.11 Å². The van der Waals surface area contributed by atoms with Gasteiger partial charge in [0.15, 0.2) is 0 Å². The minimum atomic E-state index is -3.48. The van der Waals surface area contributed by atoms with Crippen molar-refractivity contribution >= 4 is 10.0 Å². The van der Waals surface area contributed by atoms with Crippen LogP contribution in [0.25, 0.3) is 0 Å². The van der Waals surface area contributed by atoms with Crippen molar-refractivity contribution in [3.8, 4) is 0 Å². The highest BCUT2D eigenvalue weighted by molar-refractivity contribution is 7.89. The molecule has 0 saturated heterocycles. The van der Waals surface area contributed by atoms with Crippen LogP contribution in [0.1, 0.15) is 19.0 Å². The van der Waals surface area contributed by atoms with Gasteiger partial charge >= 0.3 is 0 Å². The molecule has 7 heteroatoms. The molecule has 0 aliphatic carbocycles. The second-order valence-electron chi connectivity index (χ2n) is 5.09. The van der Waals surface area contributed by atoms with E-state index in [1.807, 2.05) is 25.9 Å². The SMILES string of the molecule is CCN(CCCN(C)C)S(=O)(=O)c1cc(CO)n(C)c1. The maximum Gasteiger partial charge on any atom is 0.244 e. The van der Waals surface area contributed by atoms with E-state index < -0.39 is 10.0 Å². The summed E-state index contributed by atoms with van der Waals surface area (Å²) in [5.74, 6) is 0. The Morgan fingerprint density at radius 3 is 2.40 bits per heavy atom. The Kier molecular flexibility index (Phi) is 6.19. The highest BCUT2D eigenvalue weighted by Crippen LogP contribution is 2.18. The molecular weight excluding hydrogens is 278 g/mol. The summed E-state index contributed by atoms with van der Waals surface area (Å²) < 4.78 is 28.2. The van der Waals surface area contributed by atoms with Gasteiger partial charge in [-0.25, -0.2) is 8.42 Å². The monoisotopic (exact) mass is 303 g/mol. The lowest BCUT2D eigenvalue weighted by atomic mass is 10.4. The third-order valence-corrected chi connectivity index (χ3v) is 5.19. The second kappa shape index (κ2) is 7.21. The topological polar surface area (TPSA) is 65.8 Å². The van der Waals surface area contributed by atoms with Crippen molar-refractivity contribution in [2.45, 2.75) is 24.8 Å². The highest BCUT2D eigenvalue weighted by Gasteiger charge is 2.24. The quantitative estimate of drug-likeness (QED) is 0.758. The fourth-order valence-electron chi connectivity index (χ4n) is 2.04. The lowest BCUT2D eigenvalue weighted by Gasteiger charge is -2.20. The van der Waals surface area contributed by atoms with Crippen LogP contribution in [0.3, 0.4) is 0 Å². The van der Waals surface area contributed by atoms with Crippen LogP contribution in [0.5, 0.6) is 0 Å². The summed E-state index contributed by atoms with van der Waals surface area (Å²) in [7, 11) is 2.19. The Morgan fingerprint density at radius 1 is 1.30 bits per heavy atom. The van der Waals surface area contributed by atoms with E-state index >= 15 is 0 Å². The van der Waals surface area contributed by atoms with E-state index in [1.165, 1.54) is 10.4 Å². The van der Waals surface area contributed by atoms with Gasteiger partial charge in [0.1, 0.15) is 4.90 Å². The summed E-state index contributed by atoms with van der Waals surface area (Å²) in [5.41, 5.74) is 0.591. The lowest BCUT2D eigenvalue weighted by Crippen LogP contribution is -2.33. The fraction of sp³-hybridized carbons (Fsp3) is 0.692. The molecule has 1 aromatic rings. The zero-order valence-corrected chi connectivity index (χ0v) is 13.5. The summed E-state index contributed by atoms with van der Waals surface area (Å²) in [6.07, 6.45) is 2.34. The summed E-state index contributed by atoms with van der Waals surface area (Å²) in [6.45, 7) is 3.46. The molecule has 0 saturated carbocycles. The third-order valence-electron chi connectivity index (χ3n) is 3.25. The van der Waals surface area contributed by atoms with Crippen LogP contribution in [0, 0.1) is 0 Å². The normalized spacial score (nSPS) is 12.6. The van der Waals surface area contributed by atoms with Gasteiger partial charge in [-0.2, -0.15) is 4.31 Å². The molecule has 1 N–H and O–H groups in total. The largest absolute Gasteiger partial charge is 0.390 e. The van der Waals surface area contributed by atoms with Crippen molar-refractivity contribution in [1.82, 2.24) is 13.8 Å². The summed E-state index contributed by atoms with van der Waals surface area (Å²) >= 11 is 0. The number of aliphatic hydroxyl groups is 1. The van der Waals surface area contributed by atoms with E-state index in [-0.39, 0.29) is 11.5 Å². The Morgan fingerprint density at radius 2 is 1.95 bits per heavy atom. The van der Waals surface area contributed by atoms with E-state index in [1.54, 1.807) is 17.8 Å². The number of nitrogens with zero attached hydrogens (tertiary/aromatic N) is 3. The molecule has 0 bridgehead atoms. The van der Waals surface area contributed by atoms with Crippen LogP contribution in [0.4, 0.5) is 0 Å². The number of aryl methyl sites for hydroxylation is 1. The first-order valence-corrected chi connectivity index (χ1v) is 8.18. The first kappa shape index (κ1) is 17.2. The Labute approximate surface area is 121 Å². The number of aromatic nitrogens is 1. The maximum atomic E-state index is 12.5. The molecule has 0 fully saturated rings. The molecular formula is C13H25N3O3S. The van der Waals surface area contributed by atoms with E-state index in [0.717, 1.165) is 13.0 Å². The van der Waals surface area contributed by atoms with Crippen molar-refractivity contribution in [3.05, 3.63) is 18.0 Å². The predicted molar refractivity (Wildman–Crippen MR) is 78.9 cm³/mol. The molecule has 0 unspecified atom stereocenters. The third kappa shape index (κ3) is 4.05. The van der Waals surface area contributed by atoms with Gasteiger partial charge in [-0.1, -0.05) is 6.92 Å². The molecule has 0 radical (unpaired) electrons. The number of aliphatic hydroxyl groups excluding tert-OH is 1. The molecule has 0 aliphatic rings. The smallest absolute Gasteiger partial charge is 0.244 e. The number of rotatable bonds is 8. The van der Waals surface area contributed by atoms with Gasteiger partial charge in [0.25, 0.3) is 0 Å². The molecule has 0 amide bonds. The van der Waals surface area contributed by atoms with Gasteiger partial charge in [0, 0.05) is 32.0 Å². The Bertz CT molecular complexity index is 523. The Hall–Kier alpha value is -0.890. The molecule has 0 spiro atoms. The standard InChI is InChI=1S/C13H25N3O3S/c1-5-16(8-6-7-14(2)3)20(18,19)13-9-12(11-17)15(4)10-13/h9-10,17H,5-8,11H2,1-4H3. The molecule has 0 atom stereocenters. The number of sulfonamides is 1. The molecule has 1 rings (SSSR count). The average molecular weight is 303 g/mol. The number of hydrogen-bond donors (Lipinski definition) is 1. The second-order valence-corrected chi connectivity index (χ2v) is 7.03. The van der Waals surface area contributed by atoms with Crippen LogP contribution < -0.4 is 0 Å². The van der Waals surface area contributed by atoms with Crippen LogP contribution in [0.2, 0.25) is 0 Å². The molecule has 0 aromatic carbocycles. The van der Waals surface area contributed by atoms with Crippen molar-refractivity contribution in [2.24, 2.45) is 7.05 Å². The highest BCUT2D eigenvalue weighted by atomic mass is 32.2. The molecule has 1 heterocycles. The first-order valence-electron chi connectivity index (χ1n) is 6.74. The first-order chi connectivity index (χ1) is 9.32. The maximum absolute atomic E-state index is 12.5. The van der Waals surface area contributed by atoms with Crippen LogP contribution >= 0.6 is 0 Å². The van der Waals surface area contributed by atoms with Crippen LogP contribution in [0.15, 0.2) is 17.2 Å². The van der Waals surface area contributed by atoms with Gasteiger partial charge in [-0.05, 0) is 33.1 Å². The van der Waals surface area contributed by atoms with Crippen LogP contribution in [-0.4, -0.2) is 61.0 Å². The summed E-state index contributed by atoms with van der Waals surface area (Å²) in [6, 6.07) is 1.53. The van der Waals surface area contributed by atoms with Crippen molar-refractivity contribution in [2.75, 3.05) is 33.7 Å². The predicted octanol–water partition coefficient (Wildman–Crippen LogP) is 0.480. The van der Waals surface area contributed by atoms with Gasteiger partial charge in [-0.3, -0.25) is 0 Å². The molecule has 116 valence electrons. The lowest BCUT2D eigenvalue weighted by molar-refractivity contribution is 0.272. The van der Waals surface area contributed by atoms with Gasteiger partial charge in [0.05, 0.1) is 6.61 Å². The van der Waals surface area contributed by atoms with E-state index in [9.17, 15) is 8.42 Å². The zero-order valence-electron chi connectivity index (χ0n) is 12.7. The average Bonchev–Trinajstić information content (AvgIpc) is 2.76. The molecule has 20 heavy (non-hydrogen) atoms. The van der Waals surface area contributed by atoms with E-state index in [2.05, 4.69) is 0 Å². The minimum absolute atomic E-state index is 0.168. The van der Waals surface area contributed by atoms with Gasteiger partial charge in [0.2, 0.25) is 10.0 Å². The van der Waals surface area contributed by atoms with Crippen molar-refractivity contribution < 1.29 is 13.5 Å². The Balaban J connectivity index is 2.88. The molecule has 1 aromatic heterocycles. The zero-order chi connectivity index (χ0) is 15.3. The molecule has 0 aliphatic heterocycles. The fourth-order valence-corrected chi connectivity index (χ4v) is 3.62. The van der Waals surface area contributed by atoms with Gasteiger partial charge < -0.3 is 14.6 Å². The van der Waals surface area contributed by atoms with Gasteiger partial charge in [-0.15, -0.1) is 0 Å². The van der Waals surface area contributed by atoms with Crippen LogP contribution in [-0.2, 0) is 23.7 Å². The van der Waals surface area contributed by atoms with Crippen molar-refractivity contribution in [1.29, 1.82) is 0 Å². The summed E-state index contributed by atoms with van der Waals surface area (Å²) in [5, 5.41) is 9.16. The minimum Gasteiger partial charge on any atom is -0.390 e. The number of hydrogen-bond acceptors (Lipinski definition) is 4. The summed E-state index contributed by atoms with van der Waals surface area (Å²) in [4.78, 5) is 2.28. The van der Waals surface area contributed by atoms with Crippen molar-refractivity contribution in [3.63, 3.8) is 0 Å². The van der Waals surface area contributed by atoms with E-state index in [0.29, 0.717) is 18.8 Å². The molecule has 6 nitrogen and oxygen atoms in total.